The van der Waals surface area contributed by atoms with E-state index < -0.39 is 15.8 Å². The van der Waals surface area contributed by atoms with Gasteiger partial charge in [0.1, 0.15) is 0 Å². The van der Waals surface area contributed by atoms with Crippen LogP contribution in [0.2, 0.25) is 0 Å². The van der Waals surface area contributed by atoms with Crippen molar-refractivity contribution in [2.24, 2.45) is 0 Å². The van der Waals surface area contributed by atoms with Gasteiger partial charge in [-0.2, -0.15) is 0 Å². The van der Waals surface area contributed by atoms with Crippen molar-refractivity contribution in [3.05, 3.63) is 73.8 Å². The van der Waals surface area contributed by atoms with E-state index >= 15 is 0 Å². The maximum Gasteiger partial charge on any atom is 0.277 e. The van der Waals surface area contributed by atoms with Gasteiger partial charge in [-0.15, -0.1) is 0 Å². The van der Waals surface area contributed by atoms with Crippen molar-refractivity contribution in [3.8, 4) is 0 Å². The number of anilines is 1. The molecular formula is C14H12N4O6. The molecule has 0 radical (unpaired) electrons. The van der Waals surface area contributed by atoms with Gasteiger partial charge in [0, 0.05) is 30.0 Å². The van der Waals surface area contributed by atoms with Gasteiger partial charge in [-0.3, -0.25) is 29.9 Å². The lowest BCUT2D eigenvalue weighted by Gasteiger charge is -2.08. The van der Waals surface area contributed by atoms with Crippen LogP contribution in [0.25, 0.3) is 0 Å². The molecule has 3 N–H and O–H groups in total. The maximum absolute atomic E-state index is 11.9. The minimum atomic E-state index is -0.738. The van der Waals surface area contributed by atoms with E-state index in [1.54, 1.807) is 0 Å². The fourth-order valence-corrected chi connectivity index (χ4v) is 1.81. The molecule has 0 spiro atoms. The smallest absolute Gasteiger partial charge is 0.277 e. The fraction of sp³-hybridized carbons (Fsp3) is 0.0714. The van der Waals surface area contributed by atoms with Gasteiger partial charge in [0.15, 0.2) is 0 Å². The van der Waals surface area contributed by atoms with E-state index in [1.165, 1.54) is 36.4 Å². The molecule has 124 valence electrons. The molecular weight excluding hydrogens is 320 g/mol. The Morgan fingerprint density at radius 1 is 1.04 bits per heavy atom. The summed E-state index contributed by atoms with van der Waals surface area (Å²) in [5.41, 5.74) is 7.96. The second-order valence-electron chi connectivity index (χ2n) is 4.67. The number of rotatable bonds is 6. The number of nitrogens with two attached hydrogens (primary N) is 1. The van der Waals surface area contributed by atoms with Crippen LogP contribution in [0.3, 0.4) is 0 Å². The predicted octanol–water partition coefficient (Wildman–Crippen LogP) is 1.95. The van der Waals surface area contributed by atoms with Crippen LogP contribution in [0.5, 0.6) is 0 Å². The Hall–Kier alpha value is -3.53. The highest BCUT2D eigenvalue weighted by Crippen LogP contribution is 2.19. The van der Waals surface area contributed by atoms with Crippen LogP contribution < -0.4 is 11.2 Å². The standard InChI is InChI=1S/C14H12N4O6/c15-13-6-5-11(18(22)23)7-12(13)14(19)16-24-8-9-1-3-10(4-2-9)17(20)21/h1-7H,8,15H2,(H,16,19). The second kappa shape index (κ2) is 7.15. The molecule has 0 heterocycles. The molecule has 2 aromatic rings. The SMILES string of the molecule is Nc1ccc([N+](=O)[O-])cc1C(=O)NOCc1ccc([N+](=O)[O-])cc1. The summed E-state index contributed by atoms with van der Waals surface area (Å²) >= 11 is 0. The van der Waals surface area contributed by atoms with Crippen LogP contribution in [-0.4, -0.2) is 15.8 Å². The highest BCUT2D eigenvalue weighted by Gasteiger charge is 2.15. The van der Waals surface area contributed by atoms with Crippen LogP contribution in [-0.2, 0) is 11.4 Å². The number of benzene rings is 2. The number of nitro groups is 2. The Labute approximate surface area is 135 Å². The Morgan fingerprint density at radius 2 is 1.62 bits per heavy atom. The first-order valence-corrected chi connectivity index (χ1v) is 6.58. The molecule has 0 aliphatic rings. The molecule has 0 aliphatic heterocycles. The first kappa shape index (κ1) is 16.8. The molecule has 0 bridgehead atoms. The number of hydrogen-bond donors (Lipinski definition) is 2. The summed E-state index contributed by atoms with van der Waals surface area (Å²) in [7, 11) is 0. The van der Waals surface area contributed by atoms with Gasteiger partial charge in [-0.1, -0.05) is 0 Å². The number of nitrogens with zero attached hydrogens (tertiary/aromatic N) is 2. The van der Waals surface area contributed by atoms with E-state index in [2.05, 4.69) is 5.48 Å². The molecule has 10 nitrogen and oxygen atoms in total. The van der Waals surface area contributed by atoms with Crippen molar-refractivity contribution in [3.63, 3.8) is 0 Å². The summed E-state index contributed by atoms with van der Waals surface area (Å²) in [5.74, 6) is -0.738. The molecule has 0 fully saturated rings. The Kier molecular flexibility index (Phi) is 5.02. The van der Waals surface area contributed by atoms with E-state index in [4.69, 9.17) is 10.6 Å². The average Bonchev–Trinajstić information content (AvgIpc) is 2.55. The number of hydroxylamine groups is 1. The minimum absolute atomic E-state index is 0.0431. The van der Waals surface area contributed by atoms with Crippen LogP contribution in [0.15, 0.2) is 42.5 Å². The number of carbonyl (C=O) groups excluding carboxylic acids is 1. The molecule has 1 amide bonds. The van der Waals surface area contributed by atoms with E-state index in [9.17, 15) is 25.0 Å². The first-order chi connectivity index (χ1) is 11.4. The quantitative estimate of drug-likeness (QED) is 0.466. The third-order valence-corrected chi connectivity index (χ3v) is 3.04. The summed E-state index contributed by atoms with van der Waals surface area (Å²) in [4.78, 5) is 37.0. The van der Waals surface area contributed by atoms with Crippen LogP contribution in [0.4, 0.5) is 17.1 Å². The Morgan fingerprint density at radius 3 is 2.21 bits per heavy atom. The molecule has 24 heavy (non-hydrogen) atoms. The van der Waals surface area contributed by atoms with Crippen molar-refractivity contribution in [1.29, 1.82) is 0 Å². The number of nitrogen functional groups attached to an aromatic ring is 1. The van der Waals surface area contributed by atoms with Crippen molar-refractivity contribution >= 4 is 23.0 Å². The third kappa shape index (κ3) is 4.01. The molecule has 2 aromatic carbocycles. The topological polar surface area (TPSA) is 151 Å². The molecule has 0 aliphatic carbocycles. The highest BCUT2D eigenvalue weighted by atomic mass is 16.7. The number of amides is 1. The van der Waals surface area contributed by atoms with Gasteiger partial charge >= 0.3 is 0 Å². The lowest BCUT2D eigenvalue weighted by atomic mass is 10.1. The van der Waals surface area contributed by atoms with Crippen LogP contribution >= 0.6 is 0 Å². The molecule has 0 saturated heterocycles. The second-order valence-corrected chi connectivity index (χ2v) is 4.67. The Bertz CT molecular complexity index is 790. The lowest BCUT2D eigenvalue weighted by Crippen LogP contribution is -2.24. The van der Waals surface area contributed by atoms with Crippen molar-refractivity contribution in [2.75, 3.05) is 5.73 Å². The van der Waals surface area contributed by atoms with Gasteiger partial charge in [0.2, 0.25) is 0 Å². The number of non-ortho nitro benzene ring substituents is 2. The van der Waals surface area contributed by atoms with E-state index in [1.807, 2.05) is 0 Å². The van der Waals surface area contributed by atoms with Gasteiger partial charge < -0.3 is 5.73 Å². The van der Waals surface area contributed by atoms with E-state index in [0.29, 0.717) is 5.56 Å². The number of nitrogens with one attached hydrogen (secondary N) is 1. The molecule has 10 heteroatoms. The highest BCUT2D eigenvalue weighted by molar-refractivity contribution is 5.99. The largest absolute Gasteiger partial charge is 0.398 e. The van der Waals surface area contributed by atoms with Crippen molar-refractivity contribution in [2.45, 2.75) is 6.61 Å². The van der Waals surface area contributed by atoms with E-state index in [0.717, 1.165) is 6.07 Å². The number of hydrogen-bond acceptors (Lipinski definition) is 7. The molecule has 2 rings (SSSR count). The summed E-state index contributed by atoms with van der Waals surface area (Å²) in [6.07, 6.45) is 0. The van der Waals surface area contributed by atoms with Gasteiger partial charge in [0.25, 0.3) is 17.3 Å². The van der Waals surface area contributed by atoms with Crippen molar-refractivity contribution in [1.82, 2.24) is 5.48 Å². The Balaban J connectivity index is 1.97. The zero-order valence-corrected chi connectivity index (χ0v) is 12.2. The zero-order valence-electron chi connectivity index (χ0n) is 12.2. The monoisotopic (exact) mass is 332 g/mol. The first-order valence-electron chi connectivity index (χ1n) is 6.58. The lowest BCUT2D eigenvalue weighted by molar-refractivity contribution is -0.385. The zero-order chi connectivity index (χ0) is 17.7. The number of carbonyl (C=O) groups is 1. The van der Waals surface area contributed by atoms with Gasteiger partial charge in [-0.25, -0.2) is 5.48 Å². The van der Waals surface area contributed by atoms with E-state index in [-0.39, 0.29) is 29.2 Å². The summed E-state index contributed by atoms with van der Waals surface area (Å²) in [6, 6.07) is 9.04. The summed E-state index contributed by atoms with van der Waals surface area (Å²) in [6.45, 7) is -0.0431. The minimum Gasteiger partial charge on any atom is -0.398 e. The number of nitro benzene ring substituents is 2. The predicted molar refractivity (Wildman–Crippen MR) is 82.9 cm³/mol. The normalized spacial score (nSPS) is 10.2. The van der Waals surface area contributed by atoms with Gasteiger partial charge in [0.05, 0.1) is 22.0 Å². The summed E-state index contributed by atoms with van der Waals surface area (Å²) in [5, 5.41) is 21.3. The third-order valence-electron chi connectivity index (χ3n) is 3.04. The van der Waals surface area contributed by atoms with Gasteiger partial charge in [-0.05, 0) is 23.8 Å². The van der Waals surface area contributed by atoms with Crippen LogP contribution in [0, 0.1) is 20.2 Å². The fourth-order valence-electron chi connectivity index (χ4n) is 1.81. The van der Waals surface area contributed by atoms with Crippen molar-refractivity contribution < 1.29 is 19.5 Å². The van der Waals surface area contributed by atoms with Crippen LogP contribution in [0.1, 0.15) is 15.9 Å². The molecule has 0 unspecified atom stereocenters. The average molecular weight is 332 g/mol. The summed E-state index contributed by atoms with van der Waals surface area (Å²) < 4.78 is 0. The molecule has 0 atom stereocenters. The molecule has 0 aromatic heterocycles. The maximum atomic E-state index is 11.9. The molecule has 0 saturated carbocycles.